The minimum atomic E-state index is -1.26. The van der Waals surface area contributed by atoms with Gasteiger partial charge in [0.1, 0.15) is 5.82 Å². The molecule has 0 bridgehead atoms. The molecule has 112 valence electrons. The number of rotatable bonds is 4. The van der Waals surface area contributed by atoms with Crippen LogP contribution in [0.2, 0.25) is 0 Å². The third-order valence-electron chi connectivity index (χ3n) is 2.78. The molecular weight excluding hydrogens is 351 g/mol. The molecule has 0 saturated heterocycles. The first kappa shape index (κ1) is 15.5. The van der Waals surface area contributed by atoms with Gasteiger partial charge >= 0.3 is 0 Å². The molecule has 0 aliphatic rings. The van der Waals surface area contributed by atoms with Crippen molar-refractivity contribution in [2.45, 2.75) is 6.54 Å². The summed E-state index contributed by atoms with van der Waals surface area (Å²) in [6.07, 6.45) is 0. The van der Waals surface area contributed by atoms with Crippen LogP contribution < -0.4 is 10.1 Å². The number of anilines is 1. The lowest BCUT2D eigenvalue weighted by Gasteiger charge is -2.11. The Hall–Kier alpha value is -1.89. The average Bonchev–Trinajstić information content (AvgIpc) is 2.44. The van der Waals surface area contributed by atoms with Crippen molar-refractivity contribution < 1.29 is 23.0 Å². The molecule has 0 heterocycles. The molecule has 2 N–H and O–H groups in total. The van der Waals surface area contributed by atoms with Gasteiger partial charge in [0.25, 0.3) is 0 Å². The average molecular weight is 362 g/mol. The number of methoxy groups -OCH3 is 1. The van der Waals surface area contributed by atoms with E-state index < -0.39 is 17.5 Å². The van der Waals surface area contributed by atoms with E-state index in [2.05, 4.69) is 21.2 Å². The Morgan fingerprint density at radius 1 is 1.19 bits per heavy atom. The van der Waals surface area contributed by atoms with Crippen molar-refractivity contribution in [3.63, 3.8) is 0 Å². The van der Waals surface area contributed by atoms with E-state index in [1.807, 2.05) is 0 Å². The molecule has 0 fully saturated rings. The molecule has 0 radical (unpaired) electrons. The normalized spacial score (nSPS) is 10.5. The second-order valence-electron chi connectivity index (χ2n) is 4.23. The summed E-state index contributed by atoms with van der Waals surface area (Å²) in [5.41, 5.74) is 0.344. The van der Waals surface area contributed by atoms with E-state index in [-0.39, 0.29) is 23.7 Å². The second kappa shape index (κ2) is 6.26. The maximum Gasteiger partial charge on any atom is 0.182 e. The molecule has 0 atom stereocenters. The van der Waals surface area contributed by atoms with Crippen LogP contribution in [0.5, 0.6) is 11.5 Å². The fourth-order valence-electron chi connectivity index (χ4n) is 1.77. The smallest absolute Gasteiger partial charge is 0.182 e. The van der Waals surface area contributed by atoms with E-state index in [0.29, 0.717) is 16.1 Å². The molecule has 0 aliphatic heterocycles. The van der Waals surface area contributed by atoms with Crippen LogP contribution in [0.25, 0.3) is 0 Å². The van der Waals surface area contributed by atoms with Crippen molar-refractivity contribution in [1.82, 2.24) is 0 Å². The van der Waals surface area contributed by atoms with Crippen molar-refractivity contribution in [2.75, 3.05) is 12.4 Å². The van der Waals surface area contributed by atoms with Gasteiger partial charge < -0.3 is 15.2 Å². The van der Waals surface area contributed by atoms with Crippen LogP contribution in [0.1, 0.15) is 5.56 Å². The highest BCUT2D eigenvalue weighted by molar-refractivity contribution is 9.10. The Bertz CT molecular complexity index is 680. The molecule has 7 heteroatoms. The molecule has 2 aromatic rings. The first-order chi connectivity index (χ1) is 9.92. The number of aromatic hydroxyl groups is 1. The van der Waals surface area contributed by atoms with Gasteiger partial charge in [-0.05, 0) is 33.6 Å². The number of ether oxygens (including phenoxy) is 1. The number of hydrogen-bond acceptors (Lipinski definition) is 3. The highest BCUT2D eigenvalue weighted by Gasteiger charge is 2.12. The summed E-state index contributed by atoms with van der Waals surface area (Å²) >= 11 is 3.15. The number of benzene rings is 2. The van der Waals surface area contributed by atoms with Gasteiger partial charge in [0.05, 0.1) is 17.3 Å². The summed E-state index contributed by atoms with van der Waals surface area (Å²) in [6.45, 7) is 0.0923. The molecule has 2 aromatic carbocycles. The Kier molecular flexibility index (Phi) is 4.62. The van der Waals surface area contributed by atoms with Crippen LogP contribution in [-0.4, -0.2) is 12.2 Å². The third-order valence-corrected chi connectivity index (χ3v) is 3.39. The van der Waals surface area contributed by atoms with Crippen molar-refractivity contribution in [2.24, 2.45) is 0 Å². The zero-order valence-electron chi connectivity index (χ0n) is 10.9. The number of nitrogens with one attached hydrogen (secondary N) is 1. The number of phenolic OH excluding ortho intramolecular Hbond substituents is 1. The predicted octanol–water partition coefficient (Wildman–Crippen LogP) is 4.19. The van der Waals surface area contributed by atoms with E-state index >= 15 is 0 Å². The molecule has 21 heavy (non-hydrogen) atoms. The first-order valence-electron chi connectivity index (χ1n) is 5.86. The second-order valence-corrected chi connectivity index (χ2v) is 5.09. The van der Waals surface area contributed by atoms with Crippen molar-refractivity contribution >= 4 is 21.6 Å². The number of hydrogen-bond donors (Lipinski definition) is 2. The van der Waals surface area contributed by atoms with Crippen LogP contribution in [0.4, 0.5) is 18.9 Å². The van der Waals surface area contributed by atoms with E-state index in [9.17, 15) is 18.3 Å². The van der Waals surface area contributed by atoms with Crippen LogP contribution in [-0.2, 0) is 6.54 Å². The lowest BCUT2D eigenvalue weighted by molar-refractivity contribution is 0.371. The summed E-state index contributed by atoms with van der Waals surface area (Å²) in [5, 5.41) is 12.3. The fraction of sp³-hybridized carbons (Fsp3) is 0.143. The van der Waals surface area contributed by atoms with Crippen LogP contribution in [0.3, 0.4) is 0 Å². The lowest BCUT2D eigenvalue weighted by atomic mass is 10.2. The highest BCUT2D eigenvalue weighted by atomic mass is 79.9. The quantitative estimate of drug-likeness (QED) is 0.802. The van der Waals surface area contributed by atoms with Gasteiger partial charge in [0.15, 0.2) is 23.1 Å². The van der Waals surface area contributed by atoms with Crippen LogP contribution in [0, 0.1) is 17.5 Å². The lowest BCUT2D eigenvalue weighted by Crippen LogP contribution is -2.04. The topological polar surface area (TPSA) is 41.5 Å². The Morgan fingerprint density at radius 3 is 2.57 bits per heavy atom. The van der Waals surface area contributed by atoms with Gasteiger partial charge in [-0.15, -0.1) is 0 Å². The largest absolute Gasteiger partial charge is 0.503 e. The Morgan fingerprint density at radius 2 is 1.90 bits per heavy atom. The minimum absolute atomic E-state index is 0.0655. The number of halogens is 4. The van der Waals surface area contributed by atoms with E-state index in [1.54, 1.807) is 6.07 Å². The minimum Gasteiger partial charge on any atom is -0.503 e. The van der Waals surface area contributed by atoms with Crippen LogP contribution >= 0.6 is 15.9 Å². The van der Waals surface area contributed by atoms with Crippen molar-refractivity contribution in [1.29, 1.82) is 0 Å². The van der Waals surface area contributed by atoms with Gasteiger partial charge in [-0.25, -0.2) is 13.2 Å². The number of phenols is 1. The third kappa shape index (κ3) is 3.41. The maximum atomic E-state index is 13.5. The standard InChI is InChI=1S/C14H11BrF3NO2/c1-21-12-3-7(2-9(15)14(12)20)6-19-11-5-8(16)4-10(17)13(11)18/h2-5,19-20H,6H2,1H3. The molecular formula is C14H11BrF3NO2. The SMILES string of the molecule is COc1cc(CNc2cc(F)cc(F)c2F)cc(Br)c1O. The molecule has 0 aromatic heterocycles. The molecule has 0 spiro atoms. The Labute approximate surface area is 127 Å². The van der Waals surface area contributed by atoms with E-state index in [1.165, 1.54) is 13.2 Å². The molecule has 2 rings (SSSR count). The summed E-state index contributed by atoms with van der Waals surface area (Å²) < 4.78 is 45.0. The Balaban J connectivity index is 2.23. The van der Waals surface area contributed by atoms with Gasteiger partial charge in [-0.1, -0.05) is 0 Å². The molecule has 3 nitrogen and oxygen atoms in total. The zero-order chi connectivity index (χ0) is 15.6. The zero-order valence-corrected chi connectivity index (χ0v) is 12.5. The molecule has 0 aliphatic carbocycles. The first-order valence-corrected chi connectivity index (χ1v) is 6.65. The molecule has 0 unspecified atom stereocenters. The van der Waals surface area contributed by atoms with E-state index in [0.717, 1.165) is 6.07 Å². The van der Waals surface area contributed by atoms with Crippen molar-refractivity contribution in [3.05, 3.63) is 51.8 Å². The maximum absolute atomic E-state index is 13.5. The summed E-state index contributed by atoms with van der Waals surface area (Å²) in [6, 6.07) is 4.45. The van der Waals surface area contributed by atoms with Crippen LogP contribution in [0.15, 0.2) is 28.7 Å². The van der Waals surface area contributed by atoms with E-state index in [4.69, 9.17) is 4.74 Å². The van der Waals surface area contributed by atoms with Gasteiger partial charge in [0.2, 0.25) is 0 Å². The summed E-state index contributed by atoms with van der Waals surface area (Å²) in [5.74, 6) is -3.12. The van der Waals surface area contributed by atoms with Crippen molar-refractivity contribution in [3.8, 4) is 11.5 Å². The summed E-state index contributed by atoms with van der Waals surface area (Å²) in [7, 11) is 1.39. The van der Waals surface area contributed by atoms with Gasteiger partial charge in [0, 0.05) is 18.7 Å². The highest BCUT2D eigenvalue weighted by Crippen LogP contribution is 2.35. The predicted molar refractivity (Wildman–Crippen MR) is 76.0 cm³/mol. The fourth-order valence-corrected chi connectivity index (χ4v) is 2.26. The molecule has 0 saturated carbocycles. The van der Waals surface area contributed by atoms with Gasteiger partial charge in [-0.2, -0.15) is 0 Å². The molecule has 0 amide bonds. The summed E-state index contributed by atoms with van der Waals surface area (Å²) in [4.78, 5) is 0. The monoisotopic (exact) mass is 361 g/mol. The van der Waals surface area contributed by atoms with Gasteiger partial charge in [-0.3, -0.25) is 0 Å².